The van der Waals surface area contributed by atoms with Crippen LogP contribution in [-0.4, -0.2) is 42.4 Å². The number of nitrogens with zero attached hydrogens (tertiary/aromatic N) is 1. The van der Waals surface area contributed by atoms with Gasteiger partial charge >= 0.3 is 0 Å². The third-order valence-electron chi connectivity index (χ3n) is 3.88. The van der Waals surface area contributed by atoms with Crippen LogP contribution in [0.2, 0.25) is 0 Å². The number of piperidine rings is 1. The molecule has 5 nitrogen and oxygen atoms in total. The maximum absolute atomic E-state index is 12.8. The van der Waals surface area contributed by atoms with Crippen LogP contribution in [0.15, 0.2) is 24.3 Å². The van der Waals surface area contributed by atoms with Crippen molar-refractivity contribution in [3.63, 3.8) is 0 Å². The van der Waals surface area contributed by atoms with Gasteiger partial charge in [0.05, 0.1) is 6.54 Å². The molecular formula is C17H24FN3O2. The normalized spacial score (nSPS) is 16.3. The first kappa shape index (κ1) is 17.4. The van der Waals surface area contributed by atoms with E-state index in [1.54, 1.807) is 0 Å². The molecule has 0 aromatic heterocycles. The topological polar surface area (TPSA) is 61.4 Å². The van der Waals surface area contributed by atoms with E-state index in [0.29, 0.717) is 5.69 Å². The summed E-state index contributed by atoms with van der Waals surface area (Å²) in [5.74, 6) is -0.310. The molecule has 1 aromatic carbocycles. The van der Waals surface area contributed by atoms with Crippen LogP contribution >= 0.6 is 0 Å². The van der Waals surface area contributed by atoms with Crippen LogP contribution in [0.25, 0.3) is 0 Å². The number of anilines is 1. The Balaban J connectivity index is 1.74. The zero-order valence-corrected chi connectivity index (χ0v) is 13.6. The molecule has 126 valence electrons. The Bertz CT molecular complexity index is 537. The highest BCUT2D eigenvalue weighted by molar-refractivity contribution is 5.92. The van der Waals surface area contributed by atoms with Crippen molar-refractivity contribution < 1.29 is 14.0 Å². The number of hydrogen-bond donors (Lipinski definition) is 2. The summed E-state index contributed by atoms with van der Waals surface area (Å²) in [5.41, 5.74) is 0.586. The fourth-order valence-electron chi connectivity index (χ4n) is 2.69. The Kier molecular flexibility index (Phi) is 6.10. The summed E-state index contributed by atoms with van der Waals surface area (Å²) < 4.78 is 12.8. The van der Waals surface area contributed by atoms with E-state index in [2.05, 4.69) is 10.6 Å². The molecule has 1 saturated heterocycles. The Morgan fingerprint density at radius 3 is 2.39 bits per heavy atom. The van der Waals surface area contributed by atoms with Gasteiger partial charge in [0.1, 0.15) is 5.82 Å². The van der Waals surface area contributed by atoms with Gasteiger partial charge in [0.15, 0.2) is 0 Å². The number of likely N-dealkylation sites (tertiary alicyclic amines) is 1. The molecule has 23 heavy (non-hydrogen) atoms. The Labute approximate surface area is 136 Å². The van der Waals surface area contributed by atoms with Crippen molar-refractivity contribution in [2.24, 2.45) is 5.92 Å². The van der Waals surface area contributed by atoms with Gasteiger partial charge in [-0.2, -0.15) is 0 Å². The summed E-state index contributed by atoms with van der Waals surface area (Å²) in [4.78, 5) is 26.0. The minimum atomic E-state index is -0.329. The first-order valence-corrected chi connectivity index (χ1v) is 8.02. The van der Waals surface area contributed by atoms with Crippen molar-refractivity contribution in [1.29, 1.82) is 0 Å². The number of rotatable bonds is 5. The van der Waals surface area contributed by atoms with Gasteiger partial charge in [0, 0.05) is 17.6 Å². The van der Waals surface area contributed by atoms with Crippen LogP contribution in [0.1, 0.15) is 26.7 Å². The van der Waals surface area contributed by atoms with Gasteiger partial charge in [0.25, 0.3) is 0 Å². The molecular weight excluding hydrogens is 297 g/mol. The molecule has 2 amide bonds. The van der Waals surface area contributed by atoms with Gasteiger partial charge in [-0.05, 0) is 64.0 Å². The van der Waals surface area contributed by atoms with Crippen LogP contribution in [-0.2, 0) is 9.59 Å². The molecule has 6 heteroatoms. The minimum absolute atomic E-state index is 0.0359. The molecule has 0 unspecified atom stereocenters. The van der Waals surface area contributed by atoms with Crippen LogP contribution in [0.5, 0.6) is 0 Å². The van der Waals surface area contributed by atoms with Crippen LogP contribution in [0, 0.1) is 11.7 Å². The molecule has 1 aliphatic rings. The van der Waals surface area contributed by atoms with Crippen molar-refractivity contribution in [2.75, 3.05) is 25.0 Å². The highest BCUT2D eigenvalue weighted by atomic mass is 19.1. The van der Waals surface area contributed by atoms with E-state index >= 15 is 0 Å². The molecule has 2 rings (SSSR count). The van der Waals surface area contributed by atoms with Crippen molar-refractivity contribution in [3.05, 3.63) is 30.1 Å². The lowest BCUT2D eigenvalue weighted by Gasteiger charge is -2.31. The lowest BCUT2D eigenvalue weighted by molar-refractivity contribution is -0.127. The molecule has 0 radical (unpaired) electrons. The second-order valence-electron chi connectivity index (χ2n) is 6.27. The van der Waals surface area contributed by atoms with E-state index in [4.69, 9.17) is 0 Å². The molecule has 2 N–H and O–H groups in total. The molecule has 0 bridgehead atoms. The van der Waals surface area contributed by atoms with Gasteiger partial charge < -0.3 is 10.6 Å². The Morgan fingerprint density at radius 2 is 1.83 bits per heavy atom. The highest BCUT2D eigenvalue weighted by Gasteiger charge is 2.26. The lowest BCUT2D eigenvalue weighted by Crippen LogP contribution is -2.44. The monoisotopic (exact) mass is 321 g/mol. The summed E-state index contributed by atoms with van der Waals surface area (Å²) in [7, 11) is 0. The number of amides is 2. The van der Waals surface area contributed by atoms with Crippen LogP contribution < -0.4 is 10.6 Å². The molecule has 1 fully saturated rings. The van der Waals surface area contributed by atoms with E-state index in [1.807, 2.05) is 18.7 Å². The first-order chi connectivity index (χ1) is 10.9. The molecule has 1 heterocycles. The second kappa shape index (κ2) is 8.06. The largest absolute Gasteiger partial charge is 0.354 e. The molecule has 0 saturated carbocycles. The highest BCUT2D eigenvalue weighted by Crippen LogP contribution is 2.17. The predicted molar refractivity (Wildman–Crippen MR) is 87.5 cm³/mol. The number of benzene rings is 1. The summed E-state index contributed by atoms with van der Waals surface area (Å²) in [6, 6.07) is 5.86. The zero-order valence-electron chi connectivity index (χ0n) is 13.6. The maximum atomic E-state index is 12.8. The zero-order chi connectivity index (χ0) is 16.8. The van der Waals surface area contributed by atoms with E-state index in [9.17, 15) is 14.0 Å². The Morgan fingerprint density at radius 1 is 1.22 bits per heavy atom. The summed E-state index contributed by atoms with van der Waals surface area (Å²) in [6.45, 7) is 5.65. The SMILES string of the molecule is CC(C)NC(=O)C1CCN(CC(=O)Nc2ccc(F)cc2)CC1. The van der Waals surface area contributed by atoms with Crippen molar-refractivity contribution in [1.82, 2.24) is 10.2 Å². The Hall–Kier alpha value is -1.95. The van der Waals surface area contributed by atoms with Crippen LogP contribution in [0.4, 0.5) is 10.1 Å². The summed E-state index contributed by atoms with van der Waals surface area (Å²) in [6.07, 6.45) is 1.53. The van der Waals surface area contributed by atoms with E-state index < -0.39 is 0 Å². The molecule has 0 spiro atoms. The molecule has 1 aromatic rings. The quantitative estimate of drug-likeness (QED) is 0.872. The van der Waals surface area contributed by atoms with Crippen molar-refractivity contribution >= 4 is 17.5 Å². The number of hydrogen-bond acceptors (Lipinski definition) is 3. The second-order valence-corrected chi connectivity index (χ2v) is 6.27. The number of halogens is 1. The third kappa shape index (κ3) is 5.63. The van der Waals surface area contributed by atoms with Crippen LogP contribution in [0.3, 0.4) is 0 Å². The van der Waals surface area contributed by atoms with E-state index in [-0.39, 0.29) is 36.1 Å². The average molecular weight is 321 g/mol. The third-order valence-corrected chi connectivity index (χ3v) is 3.88. The first-order valence-electron chi connectivity index (χ1n) is 8.02. The number of carbonyl (C=O) groups excluding carboxylic acids is 2. The van der Waals surface area contributed by atoms with Gasteiger partial charge in [-0.3, -0.25) is 14.5 Å². The molecule has 0 aliphatic carbocycles. The van der Waals surface area contributed by atoms with E-state index in [0.717, 1.165) is 25.9 Å². The van der Waals surface area contributed by atoms with Gasteiger partial charge in [-0.25, -0.2) is 4.39 Å². The number of carbonyl (C=O) groups is 2. The fourth-order valence-corrected chi connectivity index (χ4v) is 2.69. The van der Waals surface area contributed by atoms with Crippen molar-refractivity contribution in [3.8, 4) is 0 Å². The van der Waals surface area contributed by atoms with Gasteiger partial charge in [-0.15, -0.1) is 0 Å². The number of nitrogens with one attached hydrogen (secondary N) is 2. The smallest absolute Gasteiger partial charge is 0.238 e. The van der Waals surface area contributed by atoms with Gasteiger partial charge in [-0.1, -0.05) is 0 Å². The average Bonchev–Trinajstić information content (AvgIpc) is 2.49. The predicted octanol–water partition coefficient (Wildman–Crippen LogP) is 2.00. The van der Waals surface area contributed by atoms with Gasteiger partial charge in [0.2, 0.25) is 11.8 Å². The van der Waals surface area contributed by atoms with Crippen molar-refractivity contribution in [2.45, 2.75) is 32.7 Å². The summed E-state index contributed by atoms with van der Waals surface area (Å²) >= 11 is 0. The minimum Gasteiger partial charge on any atom is -0.354 e. The maximum Gasteiger partial charge on any atom is 0.238 e. The fraction of sp³-hybridized carbons (Fsp3) is 0.529. The molecule has 0 atom stereocenters. The standard InChI is InChI=1S/C17H24FN3O2/c1-12(2)19-17(23)13-7-9-21(10-8-13)11-16(22)20-15-5-3-14(18)4-6-15/h3-6,12-13H,7-11H2,1-2H3,(H,19,23)(H,20,22). The van der Waals surface area contributed by atoms with E-state index in [1.165, 1.54) is 24.3 Å². The summed E-state index contributed by atoms with van der Waals surface area (Å²) in [5, 5.41) is 5.69. The lowest BCUT2D eigenvalue weighted by atomic mass is 9.95. The molecule has 1 aliphatic heterocycles.